The lowest BCUT2D eigenvalue weighted by atomic mass is 9.96. The van der Waals surface area contributed by atoms with Crippen molar-refractivity contribution < 1.29 is 17.6 Å². The molecular weight excluding hydrogens is 160 g/mol. The molecule has 0 fully saturated rings. The highest BCUT2D eigenvalue weighted by Gasteiger charge is 2.55. The molecule has 1 unspecified atom stereocenters. The SMILES string of the molecule is CCC(C)C(F)(F)C(C)(F)F. The summed E-state index contributed by atoms with van der Waals surface area (Å²) >= 11 is 0. The van der Waals surface area contributed by atoms with E-state index in [0.717, 1.165) is 6.92 Å². The zero-order chi connectivity index (χ0) is 9.28. The Labute approximate surface area is 63.6 Å². The lowest BCUT2D eigenvalue weighted by molar-refractivity contribution is -0.223. The molecule has 0 saturated carbocycles. The average Bonchev–Trinajstić information content (AvgIpc) is 1.83. The Kier molecular flexibility index (Phi) is 2.91. The molecule has 0 saturated heterocycles. The zero-order valence-corrected chi connectivity index (χ0v) is 6.80. The number of halogens is 4. The van der Waals surface area contributed by atoms with Gasteiger partial charge in [0.1, 0.15) is 0 Å². The minimum Gasteiger partial charge on any atom is -0.200 e. The van der Waals surface area contributed by atoms with Crippen molar-refractivity contribution >= 4 is 0 Å². The summed E-state index contributed by atoms with van der Waals surface area (Å²) in [4.78, 5) is 0. The fourth-order valence-corrected chi connectivity index (χ4v) is 0.689. The molecule has 11 heavy (non-hydrogen) atoms. The third-order valence-electron chi connectivity index (χ3n) is 1.82. The summed E-state index contributed by atoms with van der Waals surface area (Å²) in [5, 5.41) is 0. The molecule has 0 aliphatic rings. The van der Waals surface area contributed by atoms with Crippen LogP contribution in [0.1, 0.15) is 27.2 Å². The summed E-state index contributed by atoms with van der Waals surface area (Å²) in [5.41, 5.74) is 0. The van der Waals surface area contributed by atoms with Gasteiger partial charge in [0.2, 0.25) is 0 Å². The van der Waals surface area contributed by atoms with Gasteiger partial charge in [0.25, 0.3) is 0 Å². The van der Waals surface area contributed by atoms with Gasteiger partial charge in [-0.3, -0.25) is 0 Å². The van der Waals surface area contributed by atoms with E-state index in [1.807, 2.05) is 0 Å². The fourth-order valence-electron chi connectivity index (χ4n) is 0.689. The Balaban J connectivity index is 4.45. The summed E-state index contributed by atoms with van der Waals surface area (Å²) in [5.74, 6) is -9.08. The molecule has 0 radical (unpaired) electrons. The number of hydrogen-bond acceptors (Lipinski definition) is 0. The van der Waals surface area contributed by atoms with Crippen LogP contribution in [0.2, 0.25) is 0 Å². The molecule has 0 N–H and O–H groups in total. The topological polar surface area (TPSA) is 0 Å². The quantitative estimate of drug-likeness (QED) is 0.573. The maximum Gasteiger partial charge on any atom is 0.312 e. The van der Waals surface area contributed by atoms with E-state index in [-0.39, 0.29) is 13.3 Å². The van der Waals surface area contributed by atoms with Gasteiger partial charge >= 0.3 is 11.8 Å². The van der Waals surface area contributed by atoms with E-state index in [1.165, 1.54) is 6.92 Å². The smallest absolute Gasteiger partial charge is 0.200 e. The molecule has 1 atom stereocenters. The van der Waals surface area contributed by atoms with Gasteiger partial charge < -0.3 is 0 Å². The van der Waals surface area contributed by atoms with Crippen LogP contribution in [0.4, 0.5) is 17.6 Å². The Morgan fingerprint density at radius 2 is 1.55 bits per heavy atom. The average molecular weight is 172 g/mol. The van der Waals surface area contributed by atoms with E-state index >= 15 is 0 Å². The van der Waals surface area contributed by atoms with E-state index < -0.39 is 17.8 Å². The maximum atomic E-state index is 12.6. The molecule has 0 heterocycles. The van der Waals surface area contributed by atoms with Gasteiger partial charge in [-0.05, 0) is 6.42 Å². The fraction of sp³-hybridized carbons (Fsp3) is 1.00. The second-order valence-electron chi connectivity index (χ2n) is 2.82. The van der Waals surface area contributed by atoms with Crippen molar-refractivity contribution in [2.24, 2.45) is 5.92 Å². The molecular formula is C7H12F4. The van der Waals surface area contributed by atoms with Gasteiger partial charge in [0.15, 0.2) is 0 Å². The molecule has 0 aliphatic heterocycles. The summed E-state index contributed by atoms with van der Waals surface area (Å²) < 4.78 is 49.5. The second kappa shape index (κ2) is 2.99. The highest BCUT2D eigenvalue weighted by atomic mass is 19.3. The van der Waals surface area contributed by atoms with Crippen LogP contribution < -0.4 is 0 Å². The first-order chi connectivity index (χ1) is 4.73. The minimum atomic E-state index is -3.91. The molecule has 0 spiro atoms. The van der Waals surface area contributed by atoms with Crippen molar-refractivity contribution in [3.63, 3.8) is 0 Å². The first-order valence-electron chi connectivity index (χ1n) is 3.49. The molecule has 0 amide bonds. The van der Waals surface area contributed by atoms with Crippen LogP contribution in [0.15, 0.2) is 0 Å². The van der Waals surface area contributed by atoms with Crippen molar-refractivity contribution in [1.29, 1.82) is 0 Å². The third kappa shape index (κ3) is 2.07. The van der Waals surface area contributed by atoms with Gasteiger partial charge in [-0.15, -0.1) is 0 Å². The van der Waals surface area contributed by atoms with Gasteiger partial charge in [0.05, 0.1) is 0 Å². The Bertz CT molecular complexity index is 125. The van der Waals surface area contributed by atoms with E-state index in [2.05, 4.69) is 0 Å². The molecule has 0 aliphatic carbocycles. The van der Waals surface area contributed by atoms with Crippen LogP contribution in [-0.4, -0.2) is 11.8 Å². The highest BCUT2D eigenvalue weighted by molar-refractivity contribution is 4.84. The van der Waals surface area contributed by atoms with Gasteiger partial charge in [-0.2, -0.15) is 8.78 Å². The Morgan fingerprint density at radius 3 is 1.64 bits per heavy atom. The van der Waals surface area contributed by atoms with Gasteiger partial charge in [-0.1, -0.05) is 13.8 Å². The molecule has 68 valence electrons. The minimum absolute atomic E-state index is 0.0520. The molecule has 0 rings (SSSR count). The summed E-state index contributed by atoms with van der Waals surface area (Å²) in [6.45, 7) is 2.83. The second-order valence-corrected chi connectivity index (χ2v) is 2.82. The monoisotopic (exact) mass is 172 g/mol. The maximum absolute atomic E-state index is 12.6. The first kappa shape index (κ1) is 10.7. The van der Waals surface area contributed by atoms with Crippen LogP contribution in [0.25, 0.3) is 0 Å². The summed E-state index contributed by atoms with van der Waals surface area (Å²) in [7, 11) is 0. The number of hydrogen-bond donors (Lipinski definition) is 0. The molecule has 0 aromatic heterocycles. The Hall–Kier alpha value is -0.280. The largest absolute Gasteiger partial charge is 0.312 e. The van der Waals surface area contributed by atoms with Gasteiger partial charge in [0, 0.05) is 12.8 Å². The van der Waals surface area contributed by atoms with Crippen molar-refractivity contribution in [3.05, 3.63) is 0 Å². The van der Waals surface area contributed by atoms with E-state index in [0.29, 0.717) is 0 Å². The van der Waals surface area contributed by atoms with Crippen LogP contribution >= 0.6 is 0 Å². The predicted molar refractivity (Wildman–Crippen MR) is 35.0 cm³/mol. The van der Waals surface area contributed by atoms with E-state index in [9.17, 15) is 17.6 Å². The summed E-state index contributed by atoms with van der Waals surface area (Å²) in [6, 6.07) is 0. The third-order valence-corrected chi connectivity index (χ3v) is 1.82. The van der Waals surface area contributed by atoms with Gasteiger partial charge in [-0.25, -0.2) is 8.78 Å². The number of rotatable bonds is 3. The molecule has 4 heteroatoms. The summed E-state index contributed by atoms with van der Waals surface area (Å²) in [6.07, 6.45) is 0.0520. The zero-order valence-electron chi connectivity index (χ0n) is 6.80. The predicted octanol–water partition coefficient (Wildman–Crippen LogP) is 3.32. The molecule has 0 bridgehead atoms. The molecule has 0 nitrogen and oxygen atoms in total. The van der Waals surface area contributed by atoms with Crippen LogP contribution in [-0.2, 0) is 0 Å². The van der Waals surface area contributed by atoms with E-state index in [4.69, 9.17) is 0 Å². The standard InChI is InChI=1S/C7H12F4/c1-4-5(2)7(10,11)6(3,8)9/h5H,4H2,1-3H3. The first-order valence-corrected chi connectivity index (χ1v) is 3.49. The molecule has 0 aromatic carbocycles. The van der Waals surface area contributed by atoms with Crippen molar-refractivity contribution in [2.45, 2.75) is 39.0 Å². The lowest BCUT2D eigenvalue weighted by Gasteiger charge is -2.27. The van der Waals surface area contributed by atoms with Crippen molar-refractivity contribution in [2.75, 3.05) is 0 Å². The Morgan fingerprint density at radius 1 is 1.18 bits per heavy atom. The number of alkyl halides is 4. The lowest BCUT2D eigenvalue weighted by Crippen LogP contribution is -2.42. The van der Waals surface area contributed by atoms with Crippen LogP contribution in [0.3, 0.4) is 0 Å². The molecule has 0 aromatic rings. The highest BCUT2D eigenvalue weighted by Crippen LogP contribution is 2.40. The van der Waals surface area contributed by atoms with Crippen LogP contribution in [0.5, 0.6) is 0 Å². The van der Waals surface area contributed by atoms with E-state index in [1.54, 1.807) is 0 Å². The van der Waals surface area contributed by atoms with Crippen molar-refractivity contribution in [3.8, 4) is 0 Å². The van der Waals surface area contributed by atoms with Crippen LogP contribution in [0, 0.1) is 5.92 Å². The normalized spacial score (nSPS) is 16.6. The van der Waals surface area contributed by atoms with Crippen molar-refractivity contribution in [1.82, 2.24) is 0 Å².